The van der Waals surface area contributed by atoms with Gasteiger partial charge in [0.2, 0.25) is 0 Å². The van der Waals surface area contributed by atoms with Crippen molar-refractivity contribution in [2.45, 2.75) is 19.9 Å². The van der Waals surface area contributed by atoms with Crippen molar-refractivity contribution in [1.82, 2.24) is 0 Å². The van der Waals surface area contributed by atoms with Crippen molar-refractivity contribution >= 4 is 38.6 Å². The van der Waals surface area contributed by atoms with Gasteiger partial charge in [0.05, 0.1) is 15.5 Å². The number of nitrogens with one attached hydrogen (secondary N) is 1. The van der Waals surface area contributed by atoms with Gasteiger partial charge < -0.3 is 5.32 Å². The molecule has 1 aromatic carbocycles. The number of nitrogens with zero attached hydrogens (tertiary/aromatic N) is 1. The molecule has 2 aromatic rings. The molecule has 1 aromatic heterocycles. The third-order valence-corrected chi connectivity index (χ3v) is 4.46. The Kier molecular flexibility index (Phi) is 4.72. The molecule has 0 amide bonds. The number of hydrogen-bond acceptors (Lipinski definition) is 4. The third kappa shape index (κ3) is 3.16. The summed E-state index contributed by atoms with van der Waals surface area (Å²) in [6, 6.07) is 4.35. The maximum absolute atomic E-state index is 13.4. The third-order valence-electron chi connectivity index (χ3n) is 2.89. The summed E-state index contributed by atoms with van der Waals surface area (Å²) in [7, 11) is 0. The van der Waals surface area contributed by atoms with Crippen LogP contribution in [-0.4, -0.2) is 4.92 Å². The molecule has 1 N–H and O–H groups in total. The van der Waals surface area contributed by atoms with E-state index in [1.807, 2.05) is 11.4 Å². The van der Waals surface area contributed by atoms with Crippen LogP contribution in [0.1, 0.15) is 17.4 Å². The van der Waals surface area contributed by atoms with Gasteiger partial charge in [-0.15, -0.1) is 11.3 Å². The highest BCUT2D eigenvalue weighted by Crippen LogP contribution is 2.31. The largest absolute Gasteiger partial charge is 0.375 e. The summed E-state index contributed by atoms with van der Waals surface area (Å²) in [6.45, 7) is 2.54. The topological polar surface area (TPSA) is 55.2 Å². The Morgan fingerprint density at radius 1 is 1.50 bits per heavy atom. The molecule has 0 saturated heterocycles. The first-order chi connectivity index (χ1) is 9.52. The van der Waals surface area contributed by atoms with Crippen molar-refractivity contribution in [3.63, 3.8) is 0 Å². The fourth-order valence-electron chi connectivity index (χ4n) is 1.84. The van der Waals surface area contributed by atoms with Crippen LogP contribution in [0.25, 0.3) is 0 Å². The van der Waals surface area contributed by atoms with E-state index in [0.717, 1.165) is 17.4 Å². The Morgan fingerprint density at radius 3 is 2.90 bits per heavy atom. The molecule has 2 rings (SSSR count). The van der Waals surface area contributed by atoms with Crippen LogP contribution in [0.3, 0.4) is 0 Å². The van der Waals surface area contributed by atoms with Gasteiger partial charge in [0.1, 0.15) is 11.5 Å². The van der Waals surface area contributed by atoms with Crippen LogP contribution >= 0.6 is 27.3 Å². The Morgan fingerprint density at radius 2 is 2.25 bits per heavy atom. The number of rotatable bonds is 5. The molecule has 106 valence electrons. The van der Waals surface area contributed by atoms with E-state index in [0.29, 0.717) is 12.2 Å². The van der Waals surface area contributed by atoms with Gasteiger partial charge in [-0.25, -0.2) is 4.39 Å². The fourth-order valence-corrected chi connectivity index (χ4v) is 3.10. The number of anilines is 1. The molecule has 1 heterocycles. The molecular formula is C13H12BrFN2O2S. The SMILES string of the molecule is CCc1ccsc1CNc1cc(Br)c(F)cc1[N+](=O)[O-]. The summed E-state index contributed by atoms with van der Waals surface area (Å²) in [6.07, 6.45) is 0.912. The van der Waals surface area contributed by atoms with Gasteiger partial charge in [0.25, 0.3) is 5.69 Å². The number of benzene rings is 1. The highest BCUT2D eigenvalue weighted by molar-refractivity contribution is 9.10. The van der Waals surface area contributed by atoms with E-state index in [-0.39, 0.29) is 10.2 Å². The van der Waals surface area contributed by atoms with E-state index < -0.39 is 10.7 Å². The number of nitro groups is 1. The Bertz CT molecular complexity index is 645. The Balaban J connectivity index is 2.25. The lowest BCUT2D eigenvalue weighted by Gasteiger charge is -2.08. The summed E-state index contributed by atoms with van der Waals surface area (Å²) in [5.41, 5.74) is 1.25. The standard InChI is InChI=1S/C13H12BrFN2O2S/c1-2-8-3-4-20-13(8)7-16-11-5-9(14)10(15)6-12(11)17(18)19/h3-6,16H,2,7H2,1H3. The lowest BCUT2D eigenvalue weighted by molar-refractivity contribution is -0.384. The van der Waals surface area contributed by atoms with E-state index in [9.17, 15) is 14.5 Å². The number of thiophene rings is 1. The van der Waals surface area contributed by atoms with Crippen molar-refractivity contribution in [2.24, 2.45) is 0 Å². The van der Waals surface area contributed by atoms with E-state index >= 15 is 0 Å². The van der Waals surface area contributed by atoms with Gasteiger partial charge in [-0.2, -0.15) is 0 Å². The first kappa shape index (κ1) is 14.9. The van der Waals surface area contributed by atoms with Crippen LogP contribution in [0.4, 0.5) is 15.8 Å². The number of hydrogen-bond donors (Lipinski definition) is 1. The molecule has 0 spiro atoms. The van der Waals surface area contributed by atoms with Crippen LogP contribution in [-0.2, 0) is 13.0 Å². The second-order valence-electron chi connectivity index (χ2n) is 4.12. The fraction of sp³-hybridized carbons (Fsp3) is 0.231. The van der Waals surface area contributed by atoms with Crippen molar-refractivity contribution < 1.29 is 9.31 Å². The van der Waals surface area contributed by atoms with Crippen LogP contribution in [0, 0.1) is 15.9 Å². The molecule has 0 bridgehead atoms. The Hall–Kier alpha value is -1.47. The molecule has 0 aliphatic carbocycles. The highest BCUT2D eigenvalue weighted by atomic mass is 79.9. The molecular weight excluding hydrogens is 347 g/mol. The predicted molar refractivity (Wildman–Crippen MR) is 81.8 cm³/mol. The maximum atomic E-state index is 13.4. The van der Waals surface area contributed by atoms with E-state index in [1.165, 1.54) is 11.6 Å². The first-order valence-electron chi connectivity index (χ1n) is 5.95. The molecule has 7 heteroatoms. The highest BCUT2D eigenvalue weighted by Gasteiger charge is 2.17. The molecule has 20 heavy (non-hydrogen) atoms. The summed E-state index contributed by atoms with van der Waals surface area (Å²) in [4.78, 5) is 11.5. The summed E-state index contributed by atoms with van der Waals surface area (Å²) < 4.78 is 13.6. The monoisotopic (exact) mass is 358 g/mol. The van der Waals surface area contributed by atoms with Gasteiger partial charge >= 0.3 is 0 Å². The minimum Gasteiger partial charge on any atom is -0.375 e. The van der Waals surface area contributed by atoms with E-state index in [1.54, 1.807) is 11.3 Å². The zero-order chi connectivity index (χ0) is 14.7. The van der Waals surface area contributed by atoms with Crippen molar-refractivity contribution in [3.8, 4) is 0 Å². The molecule has 0 atom stereocenters. The van der Waals surface area contributed by atoms with Crippen LogP contribution in [0.2, 0.25) is 0 Å². The van der Waals surface area contributed by atoms with Gasteiger partial charge in [0, 0.05) is 11.4 Å². The number of halogens is 2. The zero-order valence-electron chi connectivity index (χ0n) is 10.7. The van der Waals surface area contributed by atoms with E-state index in [4.69, 9.17) is 0 Å². The molecule has 0 saturated carbocycles. The smallest absolute Gasteiger partial charge is 0.295 e. The summed E-state index contributed by atoms with van der Waals surface area (Å²) >= 11 is 4.64. The molecule has 0 fully saturated rings. The van der Waals surface area contributed by atoms with Gasteiger partial charge in [-0.3, -0.25) is 10.1 Å². The average Bonchev–Trinajstić information content (AvgIpc) is 2.86. The second kappa shape index (κ2) is 6.32. The summed E-state index contributed by atoms with van der Waals surface area (Å²) in [5, 5.41) is 16.0. The van der Waals surface area contributed by atoms with Gasteiger partial charge in [-0.05, 0) is 45.4 Å². The lowest BCUT2D eigenvalue weighted by atomic mass is 10.2. The van der Waals surface area contributed by atoms with Crippen LogP contribution in [0.5, 0.6) is 0 Å². The van der Waals surface area contributed by atoms with Gasteiger partial charge in [-0.1, -0.05) is 6.92 Å². The van der Waals surface area contributed by atoms with Crippen LogP contribution in [0.15, 0.2) is 28.1 Å². The Labute approximate surface area is 127 Å². The van der Waals surface area contributed by atoms with Gasteiger partial charge in [0.15, 0.2) is 0 Å². The average molecular weight is 359 g/mol. The van der Waals surface area contributed by atoms with Crippen molar-refractivity contribution in [3.05, 3.63) is 54.4 Å². The lowest BCUT2D eigenvalue weighted by Crippen LogP contribution is -2.03. The number of nitro benzene ring substituents is 1. The zero-order valence-corrected chi connectivity index (χ0v) is 13.1. The molecule has 0 aliphatic heterocycles. The number of aryl methyl sites for hydroxylation is 1. The summed E-state index contributed by atoms with van der Waals surface area (Å²) in [5.74, 6) is -0.646. The van der Waals surface area contributed by atoms with Crippen molar-refractivity contribution in [2.75, 3.05) is 5.32 Å². The second-order valence-corrected chi connectivity index (χ2v) is 5.97. The molecule has 0 unspecified atom stereocenters. The van der Waals surface area contributed by atoms with Crippen LogP contribution < -0.4 is 5.32 Å². The minimum atomic E-state index is -0.646. The first-order valence-corrected chi connectivity index (χ1v) is 7.62. The minimum absolute atomic E-state index is 0.201. The molecule has 4 nitrogen and oxygen atoms in total. The quantitative estimate of drug-likeness (QED) is 0.620. The van der Waals surface area contributed by atoms with E-state index in [2.05, 4.69) is 28.2 Å². The normalized spacial score (nSPS) is 10.6. The molecule has 0 aliphatic rings. The predicted octanol–water partition coefficient (Wildman–Crippen LogP) is 4.73. The van der Waals surface area contributed by atoms with Crippen molar-refractivity contribution in [1.29, 1.82) is 0 Å². The molecule has 0 radical (unpaired) electrons. The maximum Gasteiger partial charge on any atom is 0.295 e.